The van der Waals surface area contributed by atoms with Gasteiger partial charge in [-0.3, -0.25) is 9.88 Å². The summed E-state index contributed by atoms with van der Waals surface area (Å²) >= 11 is 0. The van der Waals surface area contributed by atoms with Crippen molar-refractivity contribution in [3.05, 3.63) is 24.5 Å². The van der Waals surface area contributed by atoms with Crippen molar-refractivity contribution in [3.63, 3.8) is 0 Å². The molecule has 0 bridgehead atoms. The maximum Gasteiger partial charge on any atom is 0.414 e. The molecule has 0 spiro atoms. The van der Waals surface area contributed by atoms with Gasteiger partial charge in [0.1, 0.15) is 6.04 Å². The summed E-state index contributed by atoms with van der Waals surface area (Å²) in [5, 5.41) is 9.33. The van der Waals surface area contributed by atoms with Crippen molar-refractivity contribution in [2.45, 2.75) is 26.3 Å². The Labute approximate surface area is 112 Å². The summed E-state index contributed by atoms with van der Waals surface area (Å²) in [5.41, 5.74) is 0.454. The Morgan fingerprint density at radius 2 is 1.95 bits per heavy atom. The molecular weight excluding hydrogens is 248 g/mol. The van der Waals surface area contributed by atoms with Gasteiger partial charge in [-0.05, 0) is 24.5 Å². The third-order valence-electron chi connectivity index (χ3n) is 2.60. The fraction of sp³-hybridized carbons (Fsp3) is 0.462. The minimum atomic E-state index is -1.06. The van der Waals surface area contributed by atoms with Gasteiger partial charge in [0.2, 0.25) is 0 Å². The standard InChI is InChI=1S/C13H18N2O4/c1-9(2)8-11(12(16)17)15(13(18)19-3)10-4-6-14-7-5-10/h4-7,9,11H,8H2,1-3H3,(H,16,17)/t11-/m0/s1. The van der Waals surface area contributed by atoms with Crippen LogP contribution in [-0.2, 0) is 9.53 Å². The van der Waals surface area contributed by atoms with Crippen molar-refractivity contribution in [2.24, 2.45) is 5.92 Å². The number of rotatable bonds is 5. The lowest BCUT2D eigenvalue weighted by Gasteiger charge is -2.28. The highest BCUT2D eigenvalue weighted by Crippen LogP contribution is 2.21. The van der Waals surface area contributed by atoms with E-state index < -0.39 is 18.1 Å². The highest BCUT2D eigenvalue weighted by Gasteiger charge is 2.32. The van der Waals surface area contributed by atoms with Crippen molar-refractivity contribution < 1.29 is 19.4 Å². The molecule has 0 saturated carbocycles. The van der Waals surface area contributed by atoms with Crippen molar-refractivity contribution in [1.29, 1.82) is 0 Å². The van der Waals surface area contributed by atoms with Gasteiger partial charge in [0.15, 0.2) is 0 Å². The molecule has 1 rings (SSSR count). The van der Waals surface area contributed by atoms with E-state index in [1.165, 1.54) is 19.5 Å². The quantitative estimate of drug-likeness (QED) is 0.883. The van der Waals surface area contributed by atoms with E-state index >= 15 is 0 Å². The minimum absolute atomic E-state index is 0.134. The van der Waals surface area contributed by atoms with E-state index in [0.29, 0.717) is 12.1 Å². The molecular formula is C13H18N2O4. The molecule has 0 saturated heterocycles. The number of carbonyl (C=O) groups excluding carboxylic acids is 1. The molecule has 0 aliphatic rings. The number of carboxylic acids is 1. The second-order valence-electron chi connectivity index (χ2n) is 4.53. The summed E-state index contributed by atoms with van der Waals surface area (Å²) in [7, 11) is 1.23. The van der Waals surface area contributed by atoms with Gasteiger partial charge in [0.25, 0.3) is 0 Å². The Hall–Kier alpha value is -2.11. The lowest BCUT2D eigenvalue weighted by molar-refractivity contribution is -0.138. The maximum absolute atomic E-state index is 11.9. The normalized spacial score (nSPS) is 12.0. The molecule has 6 nitrogen and oxygen atoms in total. The van der Waals surface area contributed by atoms with Crippen LogP contribution in [0, 0.1) is 5.92 Å². The summed E-state index contributed by atoms with van der Waals surface area (Å²) in [5.74, 6) is -0.925. The van der Waals surface area contributed by atoms with Gasteiger partial charge in [-0.25, -0.2) is 9.59 Å². The van der Waals surface area contributed by atoms with Crippen LogP contribution in [0.25, 0.3) is 0 Å². The van der Waals surface area contributed by atoms with Crippen LogP contribution in [0.3, 0.4) is 0 Å². The van der Waals surface area contributed by atoms with Crippen LogP contribution < -0.4 is 4.90 Å². The van der Waals surface area contributed by atoms with Crippen molar-refractivity contribution >= 4 is 17.7 Å². The number of aromatic nitrogens is 1. The van der Waals surface area contributed by atoms with Crippen LogP contribution in [0.5, 0.6) is 0 Å². The molecule has 0 fully saturated rings. The minimum Gasteiger partial charge on any atom is -0.480 e. The number of hydrogen-bond acceptors (Lipinski definition) is 4. The molecule has 19 heavy (non-hydrogen) atoms. The molecule has 0 aliphatic carbocycles. The summed E-state index contributed by atoms with van der Waals surface area (Å²) in [6, 6.07) is 2.19. The highest BCUT2D eigenvalue weighted by atomic mass is 16.5. The first-order chi connectivity index (χ1) is 8.97. The Balaban J connectivity index is 3.14. The van der Waals surface area contributed by atoms with Gasteiger partial charge in [-0.2, -0.15) is 0 Å². The zero-order valence-electron chi connectivity index (χ0n) is 11.2. The molecule has 1 aromatic rings. The third kappa shape index (κ3) is 3.94. The average Bonchev–Trinajstić information content (AvgIpc) is 2.38. The molecule has 104 valence electrons. The summed E-state index contributed by atoms with van der Waals surface area (Å²) in [4.78, 5) is 28.3. The molecule has 0 aromatic carbocycles. The van der Waals surface area contributed by atoms with Crippen LogP contribution in [0.2, 0.25) is 0 Å². The predicted octanol–water partition coefficient (Wildman–Crippen LogP) is 2.15. The number of carboxylic acid groups (broad SMARTS) is 1. The van der Waals surface area contributed by atoms with Gasteiger partial charge >= 0.3 is 12.1 Å². The second kappa shape index (κ2) is 6.72. The summed E-state index contributed by atoms with van der Waals surface area (Å²) < 4.78 is 4.68. The molecule has 1 amide bonds. The van der Waals surface area contributed by atoms with Crippen LogP contribution in [0.4, 0.5) is 10.5 Å². The van der Waals surface area contributed by atoms with Crippen LogP contribution >= 0.6 is 0 Å². The number of anilines is 1. The SMILES string of the molecule is COC(=O)N(c1ccncc1)[C@@H](CC(C)C)C(=O)O. The lowest BCUT2D eigenvalue weighted by atomic mass is 10.0. The van der Waals surface area contributed by atoms with Gasteiger partial charge in [-0.15, -0.1) is 0 Å². The lowest BCUT2D eigenvalue weighted by Crippen LogP contribution is -2.46. The number of amides is 1. The smallest absolute Gasteiger partial charge is 0.414 e. The summed E-state index contributed by atoms with van der Waals surface area (Å²) in [6.07, 6.45) is 2.64. The van der Waals surface area contributed by atoms with Crippen molar-refractivity contribution in [1.82, 2.24) is 4.98 Å². The monoisotopic (exact) mass is 266 g/mol. The highest BCUT2D eigenvalue weighted by molar-refractivity contribution is 5.95. The van der Waals surface area contributed by atoms with Gasteiger partial charge in [-0.1, -0.05) is 13.8 Å². The molecule has 1 aromatic heterocycles. The summed E-state index contributed by atoms with van der Waals surface area (Å²) in [6.45, 7) is 3.80. The van der Waals surface area contributed by atoms with Crippen molar-refractivity contribution in [3.8, 4) is 0 Å². The van der Waals surface area contributed by atoms with E-state index in [0.717, 1.165) is 4.90 Å². The molecule has 1 heterocycles. The molecule has 0 radical (unpaired) electrons. The number of aliphatic carboxylic acids is 1. The topological polar surface area (TPSA) is 79.7 Å². The Bertz CT molecular complexity index is 434. The fourth-order valence-corrected chi connectivity index (χ4v) is 1.78. The van der Waals surface area contributed by atoms with E-state index in [9.17, 15) is 14.7 Å². The Kier molecular flexibility index (Phi) is 5.29. The first kappa shape index (κ1) is 14.9. The van der Waals surface area contributed by atoms with Crippen LogP contribution in [-0.4, -0.2) is 35.3 Å². The second-order valence-corrected chi connectivity index (χ2v) is 4.53. The largest absolute Gasteiger partial charge is 0.480 e. The van der Waals surface area contributed by atoms with E-state index in [4.69, 9.17) is 0 Å². The van der Waals surface area contributed by atoms with E-state index in [1.807, 2.05) is 13.8 Å². The number of hydrogen-bond donors (Lipinski definition) is 1. The third-order valence-corrected chi connectivity index (χ3v) is 2.60. The molecule has 6 heteroatoms. The fourth-order valence-electron chi connectivity index (χ4n) is 1.78. The number of ether oxygens (including phenoxy) is 1. The Morgan fingerprint density at radius 3 is 2.37 bits per heavy atom. The predicted molar refractivity (Wildman–Crippen MR) is 70.0 cm³/mol. The zero-order chi connectivity index (χ0) is 14.4. The number of pyridine rings is 1. The van der Waals surface area contributed by atoms with Gasteiger partial charge in [0.05, 0.1) is 12.8 Å². The molecule has 0 aliphatic heterocycles. The zero-order valence-corrected chi connectivity index (χ0v) is 11.2. The molecule has 1 N–H and O–H groups in total. The van der Waals surface area contributed by atoms with E-state index in [-0.39, 0.29) is 5.92 Å². The van der Waals surface area contributed by atoms with Crippen LogP contribution in [0.15, 0.2) is 24.5 Å². The first-order valence-electron chi connectivity index (χ1n) is 5.97. The Morgan fingerprint density at radius 1 is 1.37 bits per heavy atom. The van der Waals surface area contributed by atoms with E-state index in [2.05, 4.69) is 9.72 Å². The van der Waals surface area contributed by atoms with Crippen LogP contribution in [0.1, 0.15) is 20.3 Å². The molecule has 1 atom stereocenters. The van der Waals surface area contributed by atoms with E-state index in [1.54, 1.807) is 12.1 Å². The number of methoxy groups -OCH3 is 1. The van der Waals surface area contributed by atoms with Gasteiger partial charge < -0.3 is 9.84 Å². The maximum atomic E-state index is 11.9. The first-order valence-corrected chi connectivity index (χ1v) is 5.97. The average molecular weight is 266 g/mol. The number of nitrogens with zero attached hydrogens (tertiary/aromatic N) is 2. The van der Waals surface area contributed by atoms with Gasteiger partial charge in [0, 0.05) is 12.4 Å². The number of carbonyl (C=O) groups is 2. The van der Waals surface area contributed by atoms with Crippen molar-refractivity contribution in [2.75, 3.05) is 12.0 Å². The molecule has 0 unspecified atom stereocenters.